The number of fused-ring (bicyclic) bond motifs is 3. The molecule has 4 aromatic carbocycles. The number of nitrogen functional groups attached to an aromatic ring is 1. The Bertz CT molecular complexity index is 2870. The molecule has 57 heavy (non-hydrogen) atoms. The summed E-state index contributed by atoms with van der Waals surface area (Å²) in [6.45, 7) is 0.689. The number of carbonyl (C=O) groups excluding carboxylic acids is 2. The summed E-state index contributed by atoms with van der Waals surface area (Å²) in [5, 5.41) is 26.5. The van der Waals surface area contributed by atoms with Crippen LogP contribution in [-0.4, -0.2) is 42.9 Å². The van der Waals surface area contributed by atoms with Crippen LogP contribution in [0.5, 0.6) is 11.6 Å². The van der Waals surface area contributed by atoms with E-state index in [9.17, 15) is 29.4 Å². The van der Waals surface area contributed by atoms with Crippen LogP contribution in [0.3, 0.4) is 0 Å². The number of benzene rings is 5. The zero-order valence-corrected chi connectivity index (χ0v) is 29.8. The molecule has 0 bridgehead atoms. The number of H-pyrrole nitrogens is 2. The molecule has 0 atom stereocenters. The molecule has 2 amide bonds. The molecular formula is C42H32N7O8+. The Balaban J connectivity index is 0.889. The van der Waals surface area contributed by atoms with Gasteiger partial charge in [-0.25, -0.2) is 14.8 Å². The molecule has 3 heterocycles. The van der Waals surface area contributed by atoms with Crippen molar-refractivity contribution in [3.8, 4) is 34.1 Å². The summed E-state index contributed by atoms with van der Waals surface area (Å²) in [5.41, 5.74) is 11.0. The summed E-state index contributed by atoms with van der Waals surface area (Å²) in [4.78, 5) is 64.9. The minimum absolute atomic E-state index is 0.0649. The number of imidazole rings is 1. The Morgan fingerprint density at radius 1 is 0.807 bits per heavy atom. The predicted molar refractivity (Wildman–Crippen MR) is 208 cm³/mol. The number of phenolic OH excluding ortho intramolecular Hbond substituents is 1. The number of hydrogen-bond donors (Lipinski definition) is 6. The number of aromatic amines is 2. The lowest BCUT2D eigenvalue weighted by atomic mass is 9.90. The first kappa shape index (κ1) is 35.9. The number of rotatable bonds is 11. The van der Waals surface area contributed by atoms with E-state index in [2.05, 4.69) is 30.6 Å². The van der Waals surface area contributed by atoms with E-state index in [4.69, 9.17) is 14.9 Å². The van der Waals surface area contributed by atoms with Crippen LogP contribution in [0.1, 0.15) is 47.8 Å². The minimum atomic E-state index is -1.26. The highest BCUT2D eigenvalue weighted by Crippen LogP contribution is 2.42. The van der Waals surface area contributed by atoms with Gasteiger partial charge in [0.15, 0.2) is 10.9 Å². The largest absolute Gasteiger partial charge is 0.508 e. The van der Waals surface area contributed by atoms with Crippen molar-refractivity contribution in [1.29, 1.82) is 0 Å². The zero-order chi connectivity index (χ0) is 39.6. The van der Waals surface area contributed by atoms with Gasteiger partial charge in [-0.3, -0.25) is 20.1 Å². The van der Waals surface area contributed by atoms with E-state index in [1.807, 2.05) is 24.3 Å². The van der Waals surface area contributed by atoms with Crippen molar-refractivity contribution >= 4 is 45.9 Å². The number of ether oxygens (including phenoxy) is 1. The van der Waals surface area contributed by atoms with Crippen LogP contribution >= 0.6 is 0 Å². The van der Waals surface area contributed by atoms with Crippen molar-refractivity contribution < 1.29 is 38.7 Å². The summed E-state index contributed by atoms with van der Waals surface area (Å²) >= 11 is 0. The molecule has 1 aliphatic heterocycles. The van der Waals surface area contributed by atoms with Gasteiger partial charge in [0.05, 0.1) is 11.9 Å². The second kappa shape index (κ2) is 15.0. The van der Waals surface area contributed by atoms with Crippen LogP contribution in [0.25, 0.3) is 44.6 Å². The van der Waals surface area contributed by atoms with Crippen molar-refractivity contribution in [2.45, 2.75) is 19.7 Å². The van der Waals surface area contributed by atoms with Gasteiger partial charge in [0, 0.05) is 52.9 Å². The highest BCUT2D eigenvalue weighted by atomic mass is 16.5. The minimum Gasteiger partial charge on any atom is -0.508 e. The molecular weight excluding hydrogens is 731 g/mol. The molecule has 15 nitrogen and oxygen atoms in total. The average molecular weight is 763 g/mol. The first-order chi connectivity index (χ1) is 27.6. The Morgan fingerprint density at radius 3 is 2.21 bits per heavy atom. The van der Waals surface area contributed by atoms with Gasteiger partial charge in [-0.05, 0) is 75.8 Å². The van der Waals surface area contributed by atoms with Gasteiger partial charge in [0.1, 0.15) is 23.7 Å². The molecule has 0 fully saturated rings. The molecule has 15 heteroatoms. The zero-order valence-electron chi connectivity index (χ0n) is 29.8. The monoisotopic (exact) mass is 762 g/mol. The third-order valence-electron chi connectivity index (χ3n) is 9.30. The third-order valence-corrected chi connectivity index (χ3v) is 9.30. The van der Waals surface area contributed by atoms with Crippen LogP contribution in [-0.2, 0) is 19.7 Å². The van der Waals surface area contributed by atoms with E-state index in [0.717, 1.165) is 16.7 Å². The van der Waals surface area contributed by atoms with Crippen molar-refractivity contribution in [1.82, 2.24) is 25.6 Å². The number of nitrogens with one attached hydrogen (secondary N) is 4. The Kier molecular flexibility index (Phi) is 9.45. The summed E-state index contributed by atoms with van der Waals surface area (Å²) in [6, 6.07) is 27.4. The summed E-state index contributed by atoms with van der Waals surface area (Å²) in [6.07, 6.45) is 1.51. The highest BCUT2D eigenvalue weighted by molar-refractivity contribution is 6.09. The molecule has 2 aromatic heterocycles. The average Bonchev–Trinajstić information content (AvgIpc) is 3.69. The van der Waals surface area contributed by atoms with Crippen LogP contribution in [0, 0.1) is 0 Å². The quantitative estimate of drug-likeness (QED) is 0.0951. The maximum Gasteiger partial charge on any atom is 0.392 e. The fraction of sp³-hybridized carbons (Fsp3) is 0.0714. The fourth-order valence-electron chi connectivity index (χ4n) is 6.45. The van der Waals surface area contributed by atoms with Crippen molar-refractivity contribution in [3.05, 3.63) is 153 Å². The number of amides is 2. The lowest BCUT2D eigenvalue weighted by Crippen LogP contribution is -2.24. The fourth-order valence-corrected chi connectivity index (χ4v) is 6.45. The topological polar surface area (TPSA) is 237 Å². The van der Waals surface area contributed by atoms with Crippen molar-refractivity contribution in [3.63, 3.8) is 0 Å². The predicted octanol–water partition coefficient (Wildman–Crippen LogP) is 5.08. The summed E-state index contributed by atoms with van der Waals surface area (Å²) in [7, 11) is 0. The number of nitrogens with two attached hydrogens (primary N) is 1. The Hall–Kier alpha value is -8.07. The molecule has 8 N–H and O–H groups in total. The number of aromatic nitrogens is 4. The maximum atomic E-state index is 13.2. The van der Waals surface area contributed by atoms with Crippen molar-refractivity contribution in [2.24, 2.45) is 0 Å². The van der Waals surface area contributed by atoms with Crippen molar-refractivity contribution in [2.75, 3.05) is 5.73 Å². The molecule has 0 unspecified atom stereocenters. The molecule has 0 saturated carbocycles. The number of anilines is 1. The van der Waals surface area contributed by atoms with Gasteiger partial charge >= 0.3 is 11.9 Å². The molecule has 8 rings (SSSR count). The van der Waals surface area contributed by atoms with Crippen LogP contribution in [0.4, 0.5) is 5.95 Å². The second-order valence-corrected chi connectivity index (χ2v) is 13.1. The first-order valence-electron chi connectivity index (χ1n) is 17.5. The van der Waals surface area contributed by atoms with Crippen LogP contribution in [0.2, 0.25) is 0 Å². The van der Waals surface area contributed by atoms with Gasteiger partial charge in [-0.15, -0.1) is 0 Å². The standard InChI is InChI=1S/C42H31N7O8/c43-42-48-37-36(46-21-47-37)40(49-42)56-20-24-3-1-22(2-4-24)18-44-38(52)25-7-5-23(6-8-25)19-45-39(53)26-9-12-29(32(15-26)41(54)55)35-30-13-10-27(50)16-33(30)57-34-17-28(51)11-14-31(34)35/h1-17,21,50H,18-20H2,(H,44,52)(H,45,53)(H,54,55)(H3,43,46,47,48,49)/p+1. The number of hydrogen-bond acceptors (Lipinski definition) is 10. The summed E-state index contributed by atoms with van der Waals surface area (Å²) in [5.74, 6) is -1.27. The number of nitrogens with zero attached hydrogens (tertiary/aromatic N) is 2. The van der Waals surface area contributed by atoms with E-state index in [1.54, 1.807) is 42.5 Å². The smallest absolute Gasteiger partial charge is 0.392 e. The third kappa shape index (κ3) is 7.52. The lowest BCUT2D eigenvalue weighted by Gasteiger charge is -2.17. The molecule has 0 spiro atoms. The van der Waals surface area contributed by atoms with Gasteiger partial charge in [0.2, 0.25) is 0 Å². The Labute approximate surface area is 322 Å². The van der Waals surface area contributed by atoms with E-state index in [-0.39, 0.29) is 58.7 Å². The number of phenols is 1. The first-order valence-corrected chi connectivity index (χ1v) is 17.5. The Morgan fingerprint density at radius 2 is 1.47 bits per heavy atom. The summed E-state index contributed by atoms with van der Waals surface area (Å²) < 4.78 is 11.8. The second-order valence-electron chi connectivity index (χ2n) is 13.1. The van der Waals surface area contributed by atoms with E-state index in [0.29, 0.717) is 51.2 Å². The van der Waals surface area contributed by atoms with E-state index in [1.165, 1.54) is 42.7 Å². The molecule has 0 saturated heterocycles. The number of aromatic carboxylic acids is 1. The lowest BCUT2D eigenvalue weighted by molar-refractivity contribution is -0.380. The number of carboxylic acid groups (broad SMARTS) is 1. The normalized spacial score (nSPS) is 11.2. The van der Waals surface area contributed by atoms with E-state index >= 15 is 0 Å². The molecule has 1 aliphatic carbocycles. The van der Waals surface area contributed by atoms with Crippen LogP contribution < -0.4 is 31.5 Å². The van der Waals surface area contributed by atoms with E-state index < -0.39 is 11.9 Å². The van der Waals surface area contributed by atoms with Gasteiger partial charge in [-0.2, -0.15) is 0 Å². The molecule has 0 radical (unpaired) electrons. The van der Waals surface area contributed by atoms with Crippen LogP contribution in [0.15, 0.2) is 119 Å². The van der Waals surface area contributed by atoms with Gasteiger partial charge in [0.25, 0.3) is 23.3 Å². The number of carboxylic acids is 1. The molecule has 282 valence electrons. The van der Waals surface area contributed by atoms with Gasteiger partial charge < -0.3 is 35.0 Å². The number of aromatic hydroxyl groups is 1. The molecule has 2 aliphatic rings. The maximum absolute atomic E-state index is 13.2. The number of carbonyl (C=O) groups is 3. The highest BCUT2D eigenvalue weighted by Gasteiger charge is 2.23. The SMILES string of the molecule is Nc1nc2nc[nH]c2c(OCc2ccc(CNC(=O)c3ccc(CNC(=O)c4ccc(-c5c6ccc(=O)cc-6oc6cc(O)ccc56)c(C(=O)O)c4)cc3)cc2)[nH+]1. The van der Waals surface area contributed by atoms with Gasteiger partial charge in [-0.1, -0.05) is 42.5 Å². The molecule has 6 aromatic rings.